The number of benzene rings is 1. The van der Waals surface area contributed by atoms with Crippen molar-refractivity contribution in [1.29, 1.82) is 0 Å². The second-order valence-corrected chi connectivity index (χ2v) is 7.63. The van der Waals surface area contributed by atoms with Crippen molar-refractivity contribution in [2.75, 3.05) is 44.8 Å². The SMILES string of the molecule is O=C(N[C@H]1CO[C@H]2[C@@H]1OC[C@@H]2Nc1nccc(-c2ccccc2)n1)N1CCOCC1. The maximum atomic E-state index is 12.5. The Morgan fingerprint density at radius 1 is 1.00 bits per heavy atom. The van der Waals surface area contributed by atoms with E-state index in [1.807, 2.05) is 36.4 Å². The molecule has 5 rings (SSSR count). The zero-order valence-electron chi connectivity index (χ0n) is 16.6. The van der Waals surface area contributed by atoms with Crippen LogP contribution in [0.15, 0.2) is 42.6 Å². The molecular weight excluding hydrogens is 386 g/mol. The van der Waals surface area contributed by atoms with Crippen molar-refractivity contribution in [1.82, 2.24) is 20.2 Å². The first-order chi connectivity index (χ1) is 14.8. The molecule has 9 nitrogen and oxygen atoms in total. The Bertz CT molecular complexity index is 877. The summed E-state index contributed by atoms with van der Waals surface area (Å²) in [7, 11) is 0. The van der Waals surface area contributed by atoms with Crippen molar-refractivity contribution in [3.8, 4) is 11.3 Å². The highest BCUT2D eigenvalue weighted by molar-refractivity contribution is 5.74. The lowest BCUT2D eigenvalue weighted by Gasteiger charge is -2.29. The Morgan fingerprint density at radius 3 is 2.53 bits per heavy atom. The lowest BCUT2D eigenvalue weighted by Crippen LogP contribution is -2.52. The standard InChI is InChI=1S/C21H25N5O4/c27-21(26-8-10-28-11-9-26)25-17-13-30-18-16(12-29-19(17)18)24-20-22-7-6-15(23-20)14-4-2-1-3-5-14/h1-7,16-19H,8-13H2,(H,25,27)(H,22,23,24)/t16-,17-,18+,19+/m0/s1. The molecule has 0 saturated carbocycles. The quantitative estimate of drug-likeness (QED) is 0.778. The fraction of sp³-hybridized carbons (Fsp3) is 0.476. The number of hydrogen-bond acceptors (Lipinski definition) is 7. The zero-order chi connectivity index (χ0) is 20.3. The highest BCUT2D eigenvalue weighted by atomic mass is 16.6. The lowest BCUT2D eigenvalue weighted by molar-refractivity contribution is 0.0485. The molecule has 158 valence electrons. The molecule has 30 heavy (non-hydrogen) atoms. The molecule has 0 spiro atoms. The Hall–Kier alpha value is -2.75. The molecule has 0 unspecified atom stereocenters. The van der Waals surface area contributed by atoms with Crippen LogP contribution in [0.3, 0.4) is 0 Å². The fourth-order valence-corrected chi connectivity index (χ4v) is 4.13. The largest absolute Gasteiger partial charge is 0.378 e. The van der Waals surface area contributed by atoms with Gasteiger partial charge in [-0.1, -0.05) is 30.3 Å². The predicted molar refractivity (Wildman–Crippen MR) is 109 cm³/mol. The van der Waals surface area contributed by atoms with Crippen LogP contribution in [0, 0.1) is 0 Å². The van der Waals surface area contributed by atoms with Gasteiger partial charge in [0.2, 0.25) is 5.95 Å². The van der Waals surface area contributed by atoms with Crippen LogP contribution < -0.4 is 10.6 Å². The molecule has 0 aliphatic carbocycles. The zero-order valence-corrected chi connectivity index (χ0v) is 16.6. The van der Waals surface area contributed by atoms with Crippen LogP contribution in [0.2, 0.25) is 0 Å². The monoisotopic (exact) mass is 411 g/mol. The van der Waals surface area contributed by atoms with Crippen LogP contribution in [0.4, 0.5) is 10.7 Å². The first kappa shape index (κ1) is 19.2. The van der Waals surface area contributed by atoms with E-state index in [-0.39, 0.29) is 30.3 Å². The second-order valence-electron chi connectivity index (χ2n) is 7.63. The first-order valence-electron chi connectivity index (χ1n) is 10.3. The van der Waals surface area contributed by atoms with Gasteiger partial charge in [0.05, 0.1) is 44.2 Å². The number of urea groups is 1. The minimum atomic E-state index is -0.190. The first-order valence-corrected chi connectivity index (χ1v) is 10.3. The summed E-state index contributed by atoms with van der Waals surface area (Å²) in [5.41, 5.74) is 1.89. The van der Waals surface area contributed by atoms with Crippen molar-refractivity contribution in [3.05, 3.63) is 42.6 Å². The van der Waals surface area contributed by atoms with E-state index >= 15 is 0 Å². The smallest absolute Gasteiger partial charge is 0.317 e. The minimum absolute atomic E-state index is 0.0775. The summed E-state index contributed by atoms with van der Waals surface area (Å²) in [6, 6.07) is 11.5. The normalized spacial score (nSPS) is 28.2. The van der Waals surface area contributed by atoms with Crippen LogP contribution in [0.25, 0.3) is 11.3 Å². The molecule has 0 radical (unpaired) electrons. The number of nitrogens with zero attached hydrogens (tertiary/aromatic N) is 3. The third-order valence-electron chi connectivity index (χ3n) is 5.70. The van der Waals surface area contributed by atoms with Crippen LogP contribution >= 0.6 is 0 Å². The number of ether oxygens (including phenoxy) is 3. The van der Waals surface area contributed by atoms with Gasteiger partial charge >= 0.3 is 6.03 Å². The molecule has 3 aliphatic heterocycles. The third-order valence-corrected chi connectivity index (χ3v) is 5.70. The lowest BCUT2D eigenvalue weighted by atomic mass is 10.1. The van der Waals surface area contributed by atoms with Gasteiger partial charge in [-0.25, -0.2) is 14.8 Å². The molecule has 4 heterocycles. The number of morpholine rings is 1. The molecule has 2 amide bonds. The van der Waals surface area contributed by atoms with Gasteiger partial charge in [-0.15, -0.1) is 0 Å². The third kappa shape index (κ3) is 3.96. The van der Waals surface area contributed by atoms with Gasteiger partial charge in [0, 0.05) is 24.8 Å². The molecule has 3 saturated heterocycles. The number of carbonyl (C=O) groups excluding carboxylic acids is 1. The van der Waals surface area contributed by atoms with E-state index in [1.165, 1.54) is 0 Å². The topological polar surface area (TPSA) is 97.8 Å². The van der Waals surface area contributed by atoms with Gasteiger partial charge in [-0.2, -0.15) is 0 Å². The van der Waals surface area contributed by atoms with Gasteiger partial charge in [0.15, 0.2) is 0 Å². The van der Waals surface area contributed by atoms with Crippen molar-refractivity contribution in [3.63, 3.8) is 0 Å². The number of anilines is 1. The van der Waals surface area contributed by atoms with Gasteiger partial charge in [0.1, 0.15) is 12.2 Å². The van der Waals surface area contributed by atoms with E-state index in [1.54, 1.807) is 11.1 Å². The van der Waals surface area contributed by atoms with E-state index in [4.69, 9.17) is 14.2 Å². The average molecular weight is 411 g/mol. The number of fused-ring (bicyclic) bond motifs is 1. The number of rotatable bonds is 4. The van der Waals surface area contributed by atoms with Crippen molar-refractivity contribution >= 4 is 12.0 Å². The van der Waals surface area contributed by atoms with Gasteiger partial charge < -0.3 is 29.7 Å². The average Bonchev–Trinajstić information content (AvgIpc) is 3.38. The Balaban J connectivity index is 1.21. The molecule has 3 aliphatic rings. The summed E-state index contributed by atoms with van der Waals surface area (Å²) in [6.07, 6.45) is 1.39. The second kappa shape index (κ2) is 8.55. The Morgan fingerprint density at radius 2 is 1.73 bits per heavy atom. The molecule has 0 bridgehead atoms. The van der Waals surface area contributed by atoms with Crippen LogP contribution in [0.5, 0.6) is 0 Å². The maximum absolute atomic E-state index is 12.5. The summed E-state index contributed by atoms with van der Waals surface area (Å²) in [4.78, 5) is 23.2. The van der Waals surface area contributed by atoms with E-state index < -0.39 is 0 Å². The molecule has 9 heteroatoms. The van der Waals surface area contributed by atoms with E-state index in [0.717, 1.165) is 11.3 Å². The summed E-state index contributed by atoms with van der Waals surface area (Å²) < 4.78 is 17.3. The summed E-state index contributed by atoms with van der Waals surface area (Å²) in [5, 5.41) is 6.41. The summed E-state index contributed by atoms with van der Waals surface area (Å²) in [5.74, 6) is 0.537. The summed E-state index contributed by atoms with van der Waals surface area (Å²) >= 11 is 0. The predicted octanol–water partition coefficient (Wildman–Crippen LogP) is 1.13. The molecule has 4 atom stereocenters. The Kier molecular flexibility index (Phi) is 5.48. The number of hydrogen-bond donors (Lipinski definition) is 2. The van der Waals surface area contributed by atoms with Crippen molar-refractivity contribution in [2.24, 2.45) is 0 Å². The minimum Gasteiger partial charge on any atom is -0.378 e. The molecule has 1 aromatic heterocycles. The van der Waals surface area contributed by atoms with Crippen molar-refractivity contribution in [2.45, 2.75) is 24.3 Å². The number of nitrogens with one attached hydrogen (secondary N) is 2. The number of carbonyl (C=O) groups is 1. The van der Waals surface area contributed by atoms with E-state index in [2.05, 4.69) is 20.6 Å². The number of aromatic nitrogens is 2. The molecule has 1 aromatic carbocycles. The Labute approximate surface area is 174 Å². The van der Waals surface area contributed by atoms with Gasteiger partial charge in [-0.3, -0.25) is 0 Å². The highest BCUT2D eigenvalue weighted by Crippen LogP contribution is 2.29. The fourth-order valence-electron chi connectivity index (χ4n) is 4.13. The molecular formula is C21H25N5O4. The highest BCUT2D eigenvalue weighted by Gasteiger charge is 2.48. The van der Waals surface area contributed by atoms with E-state index in [9.17, 15) is 4.79 Å². The maximum Gasteiger partial charge on any atom is 0.317 e. The van der Waals surface area contributed by atoms with Crippen LogP contribution in [0.1, 0.15) is 0 Å². The van der Waals surface area contributed by atoms with Gasteiger partial charge in [0.25, 0.3) is 0 Å². The number of amides is 2. The molecule has 3 fully saturated rings. The summed E-state index contributed by atoms with van der Waals surface area (Å²) in [6.45, 7) is 3.25. The van der Waals surface area contributed by atoms with Gasteiger partial charge in [-0.05, 0) is 6.07 Å². The van der Waals surface area contributed by atoms with E-state index in [0.29, 0.717) is 45.5 Å². The molecule has 2 N–H and O–H groups in total. The van der Waals surface area contributed by atoms with Crippen molar-refractivity contribution < 1.29 is 19.0 Å². The molecule has 2 aromatic rings. The van der Waals surface area contributed by atoms with Crippen LogP contribution in [-0.4, -0.2) is 84.7 Å². The van der Waals surface area contributed by atoms with Crippen LogP contribution in [-0.2, 0) is 14.2 Å².